The van der Waals surface area contributed by atoms with E-state index >= 15 is 0 Å². The molecular formula is C10H12O3. The van der Waals surface area contributed by atoms with E-state index in [1.54, 1.807) is 13.0 Å². The third kappa shape index (κ3) is 1.19. The fourth-order valence-corrected chi connectivity index (χ4v) is 2.39. The Morgan fingerprint density at radius 1 is 1.69 bits per heavy atom. The second-order valence-electron chi connectivity index (χ2n) is 4.33. The smallest absolute Gasteiger partial charge is 0.309 e. The van der Waals surface area contributed by atoms with Gasteiger partial charge in [0, 0.05) is 6.42 Å². The van der Waals surface area contributed by atoms with Gasteiger partial charge in [-0.2, -0.15) is 0 Å². The second kappa shape index (κ2) is 2.44. The average molecular weight is 180 g/mol. The molecule has 2 aliphatic carbocycles. The molecule has 2 rings (SSSR count). The Kier molecular flexibility index (Phi) is 1.59. The maximum atomic E-state index is 11.0. The summed E-state index contributed by atoms with van der Waals surface area (Å²) in [4.78, 5) is 21.9. The molecule has 0 radical (unpaired) electrons. The summed E-state index contributed by atoms with van der Waals surface area (Å²) in [5.74, 6) is -0.365. The minimum Gasteiger partial charge on any atom is -0.481 e. The molecule has 1 N–H and O–H groups in total. The van der Waals surface area contributed by atoms with E-state index in [9.17, 15) is 9.59 Å². The third-order valence-electron chi connectivity index (χ3n) is 3.13. The first-order valence-electron chi connectivity index (χ1n) is 4.48. The van der Waals surface area contributed by atoms with Crippen molar-refractivity contribution in [3.8, 4) is 0 Å². The summed E-state index contributed by atoms with van der Waals surface area (Å²) >= 11 is 0. The first kappa shape index (κ1) is 8.48. The molecule has 1 fully saturated rings. The van der Waals surface area contributed by atoms with E-state index < -0.39 is 11.4 Å². The van der Waals surface area contributed by atoms with Crippen molar-refractivity contribution in [2.24, 2.45) is 11.3 Å². The fourth-order valence-electron chi connectivity index (χ4n) is 2.39. The van der Waals surface area contributed by atoms with Gasteiger partial charge in [0.2, 0.25) is 0 Å². The molecule has 13 heavy (non-hydrogen) atoms. The number of rotatable bonds is 1. The lowest BCUT2D eigenvalue weighted by atomic mass is 9.87. The van der Waals surface area contributed by atoms with E-state index in [1.807, 2.05) is 0 Å². The van der Waals surface area contributed by atoms with Gasteiger partial charge < -0.3 is 5.11 Å². The summed E-state index contributed by atoms with van der Waals surface area (Å²) in [6.07, 6.45) is 3.34. The van der Waals surface area contributed by atoms with Gasteiger partial charge in [0.1, 0.15) is 0 Å². The van der Waals surface area contributed by atoms with Crippen molar-refractivity contribution in [1.29, 1.82) is 0 Å². The summed E-state index contributed by atoms with van der Waals surface area (Å²) < 4.78 is 0. The van der Waals surface area contributed by atoms with Gasteiger partial charge in [-0.3, -0.25) is 9.59 Å². The fraction of sp³-hybridized carbons (Fsp3) is 0.600. The number of carboxylic acid groups (broad SMARTS) is 1. The molecule has 2 atom stereocenters. The first-order valence-corrected chi connectivity index (χ1v) is 4.48. The minimum atomic E-state index is -0.741. The Balaban J connectivity index is 2.24. The van der Waals surface area contributed by atoms with Gasteiger partial charge >= 0.3 is 5.97 Å². The number of carboxylic acids is 1. The summed E-state index contributed by atoms with van der Waals surface area (Å²) in [6.45, 7) is 1.76. The number of ketones is 1. The van der Waals surface area contributed by atoms with Crippen LogP contribution in [-0.2, 0) is 9.59 Å². The highest BCUT2D eigenvalue weighted by Crippen LogP contribution is 2.49. The number of hydrogen-bond donors (Lipinski definition) is 1. The van der Waals surface area contributed by atoms with Crippen molar-refractivity contribution in [2.75, 3.05) is 0 Å². The van der Waals surface area contributed by atoms with E-state index in [0.29, 0.717) is 19.3 Å². The molecule has 3 nitrogen and oxygen atoms in total. The molecule has 0 spiro atoms. The number of hydrogen-bond acceptors (Lipinski definition) is 2. The number of carbonyl (C=O) groups is 2. The zero-order chi connectivity index (χ0) is 9.64. The van der Waals surface area contributed by atoms with Crippen LogP contribution in [0, 0.1) is 11.3 Å². The molecule has 0 bridgehead atoms. The van der Waals surface area contributed by atoms with Crippen LogP contribution in [0.1, 0.15) is 26.2 Å². The van der Waals surface area contributed by atoms with Crippen molar-refractivity contribution in [3.05, 3.63) is 11.6 Å². The van der Waals surface area contributed by atoms with Gasteiger partial charge in [-0.1, -0.05) is 5.57 Å². The van der Waals surface area contributed by atoms with Crippen molar-refractivity contribution in [1.82, 2.24) is 0 Å². The molecule has 0 unspecified atom stereocenters. The van der Waals surface area contributed by atoms with E-state index in [2.05, 4.69) is 0 Å². The standard InChI is InChI=1S/C10H12O3/c1-10(9(12)13)4-6-2-8(11)3-7(6)5-10/h2,7H,3-5H2,1H3,(H,12,13)/t7-,10+/m0/s1. The first-order chi connectivity index (χ1) is 6.01. The second-order valence-corrected chi connectivity index (χ2v) is 4.33. The molecule has 0 saturated heterocycles. The van der Waals surface area contributed by atoms with Crippen LogP contribution < -0.4 is 0 Å². The zero-order valence-corrected chi connectivity index (χ0v) is 7.54. The summed E-state index contributed by atoms with van der Waals surface area (Å²) in [5.41, 5.74) is 0.423. The van der Waals surface area contributed by atoms with Crippen LogP contribution in [0.5, 0.6) is 0 Å². The molecule has 70 valence electrons. The molecule has 1 saturated carbocycles. The largest absolute Gasteiger partial charge is 0.481 e. The Hall–Kier alpha value is -1.12. The van der Waals surface area contributed by atoms with E-state index in [4.69, 9.17) is 5.11 Å². The monoisotopic (exact) mass is 180 g/mol. The summed E-state index contributed by atoms with van der Waals surface area (Å²) in [7, 11) is 0. The Labute approximate surface area is 76.4 Å². The predicted octanol–water partition coefficient (Wildman–Crippen LogP) is 1.39. The Bertz CT molecular complexity index is 316. The van der Waals surface area contributed by atoms with Crippen molar-refractivity contribution in [2.45, 2.75) is 26.2 Å². The molecule has 2 aliphatic rings. The molecule has 3 heteroatoms. The lowest BCUT2D eigenvalue weighted by Crippen LogP contribution is -2.24. The van der Waals surface area contributed by atoms with Gasteiger partial charge in [-0.15, -0.1) is 0 Å². The molecule has 0 heterocycles. The molecule has 0 aromatic heterocycles. The average Bonchev–Trinajstić information content (AvgIpc) is 2.42. The molecule has 0 aromatic rings. The number of carbonyl (C=O) groups excluding carboxylic acids is 1. The van der Waals surface area contributed by atoms with E-state index in [-0.39, 0.29) is 11.7 Å². The highest BCUT2D eigenvalue weighted by atomic mass is 16.4. The van der Waals surface area contributed by atoms with E-state index in [1.165, 1.54) is 0 Å². The lowest BCUT2D eigenvalue weighted by Gasteiger charge is -2.17. The van der Waals surface area contributed by atoms with Crippen molar-refractivity contribution < 1.29 is 14.7 Å². The van der Waals surface area contributed by atoms with Crippen LogP contribution in [0.3, 0.4) is 0 Å². The SMILES string of the molecule is C[C@@]1(C(=O)O)CC2=CC(=O)C[C@H]2C1. The highest BCUT2D eigenvalue weighted by molar-refractivity contribution is 5.94. The maximum absolute atomic E-state index is 11.0. The normalized spacial score (nSPS) is 37.5. The van der Waals surface area contributed by atoms with Crippen LogP contribution in [0.2, 0.25) is 0 Å². The Morgan fingerprint density at radius 2 is 2.38 bits per heavy atom. The van der Waals surface area contributed by atoms with Crippen LogP contribution in [0.25, 0.3) is 0 Å². The van der Waals surface area contributed by atoms with Crippen molar-refractivity contribution >= 4 is 11.8 Å². The van der Waals surface area contributed by atoms with Gasteiger partial charge in [0.05, 0.1) is 5.41 Å². The van der Waals surface area contributed by atoms with E-state index in [0.717, 1.165) is 5.57 Å². The third-order valence-corrected chi connectivity index (χ3v) is 3.13. The molecule has 0 aromatic carbocycles. The van der Waals surface area contributed by atoms with Gasteiger partial charge in [0.25, 0.3) is 0 Å². The lowest BCUT2D eigenvalue weighted by molar-refractivity contribution is -0.147. The molecule has 0 aliphatic heterocycles. The van der Waals surface area contributed by atoms with Crippen LogP contribution in [0.4, 0.5) is 0 Å². The highest BCUT2D eigenvalue weighted by Gasteiger charge is 2.46. The minimum absolute atomic E-state index is 0.160. The number of allylic oxidation sites excluding steroid dienone is 2. The molecule has 0 amide bonds. The van der Waals surface area contributed by atoms with Gasteiger partial charge in [-0.25, -0.2) is 0 Å². The number of aliphatic carboxylic acids is 1. The Morgan fingerprint density at radius 3 is 2.92 bits per heavy atom. The zero-order valence-electron chi connectivity index (χ0n) is 7.54. The van der Waals surface area contributed by atoms with Gasteiger partial charge in [0.15, 0.2) is 5.78 Å². The van der Waals surface area contributed by atoms with Crippen molar-refractivity contribution in [3.63, 3.8) is 0 Å². The quantitative estimate of drug-likeness (QED) is 0.663. The summed E-state index contributed by atoms with van der Waals surface area (Å²) in [5, 5.41) is 8.98. The summed E-state index contributed by atoms with van der Waals surface area (Å²) in [6, 6.07) is 0. The van der Waals surface area contributed by atoms with Crippen LogP contribution in [0.15, 0.2) is 11.6 Å². The van der Waals surface area contributed by atoms with Crippen LogP contribution >= 0.6 is 0 Å². The topological polar surface area (TPSA) is 54.4 Å². The predicted molar refractivity (Wildman–Crippen MR) is 46.2 cm³/mol. The maximum Gasteiger partial charge on any atom is 0.309 e. The van der Waals surface area contributed by atoms with Gasteiger partial charge in [-0.05, 0) is 31.8 Å². The van der Waals surface area contributed by atoms with Crippen LogP contribution in [-0.4, -0.2) is 16.9 Å². The molecular weight excluding hydrogens is 168 g/mol. The number of fused-ring (bicyclic) bond motifs is 1.